The van der Waals surface area contributed by atoms with E-state index in [1.54, 1.807) is 0 Å². The van der Waals surface area contributed by atoms with Crippen LogP contribution in [0.1, 0.15) is 41.0 Å². The third kappa shape index (κ3) is 2.83. The molecule has 0 N–H and O–H groups in total. The van der Waals surface area contributed by atoms with Crippen molar-refractivity contribution in [1.29, 1.82) is 0 Å². The molecule has 2 rings (SSSR count). The molecule has 0 aromatic rings. The van der Waals surface area contributed by atoms with Crippen molar-refractivity contribution in [3.63, 3.8) is 0 Å². The first-order valence-electron chi connectivity index (χ1n) is 5.48. The Balaban J connectivity index is 0.00000112. The second kappa shape index (κ2) is 4.36. The summed E-state index contributed by atoms with van der Waals surface area (Å²) in [4.78, 5) is 0. The van der Waals surface area contributed by atoms with Gasteiger partial charge in [-0.25, -0.2) is 0 Å². The third-order valence-electron chi connectivity index (χ3n) is 3.29. The van der Waals surface area contributed by atoms with Crippen LogP contribution in [0.2, 0.25) is 0 Å². The van der Waals surface area contributed by atoms with Gasteiger partial charge in [0.1, 0.15) is 0 Å². The zero-order valence-corrected chi connectivity index (χ0v) is 13.2. The van der Waals surface area contributed by atoms with Gasteiger partial charge < -0.3 is 9.47 Å². The molecule has 1 heterocycles. The standard InChI is InChI=1S/C12H21O2.Y/c1-11(2,3)8-6-7-9-10(8)14-12(4,5)13-9;/h7-10H,6H2,1-5H3;/q-1;. The average Bonchev–Trinajstić information content (AvgIpc) is 2.38. The zero-order valence-electron chi connectivity index (χ0n) is 10.4. The van der Waals surface area contributed by atoms with Crippen molar-refractivity contribution in [2.75, 3.05) is 0 Å². The molecule has 1 aliphatic heterocycles. The van der Waals surface area contributed by atoms with Crippen molar-refractivity contribution in [3.8, 4) is 0 Å². The molecule has 2 aliphatic rings. The van der Waals surface area contributed by atoms with Gasteiger partial charge in [-0.1, -0.05) is 20.8 Å². The Labute approximate surface area is 118 Å². The van der Waals surface area contributed by atoms with Crippen molar-refractivity contribution in [3.05, 3.63) is 6.42 Å². The molecular weight excluding hydrogens is 265 g/mol. The van der Waals surface area contributed by atoms with Crippen molar-refractivity contribution < 1.29 is 42.2 Å². The molecule has 3 atom stereocenters. The minimum Gasteiger partial charge on any atom is -0.377 e. The van der Waals surface area contributed by atoms with Gasteiger partial charge in [0, 0.05) is 32.7 Å². The van der Waals surface area contributed by atoms with E-state index < -0.39 is 5.79 Å². The summed E-state index contributed by atoms with van der Waals surface area (Å²) < 4.78 is 11.8. The molecule has 1 saturated carbocycles. The molecule has 85 valence electrons. The summed E-state index contributed by atoms with van der Waals surface area (Å²) >= 11 is 0. The molecule has 0 aromatic heterocycles. The Morgan fingerprint density at radius 2 is 1.80 bits per heavy atom. The molecule has 1 aliphatic carbocycles. The van der Waals surface area contributed by atoms with Crippen LogP contribution in [-0.2, 0) is 42.2 Å². The third-order valence-corrected chi connectivity index (χ3v) is 3.29. The quantitative estimate of drug-likeness (QED) is 0.638. The Morgan fingerprint density at radius 1 is 1.20 bits per heavy atom. The largest absolute Gasteiger partial charge is 0.377 e. The second-order valence-electron chi connectivity index (χ2n) is 6.01. The number of hydrogen-bond donors (Lipinski definition) is 0. The van der Waals surface area contributed by atoms with Crippen LogP contribution in [0.4, 0.5) is 0 Å². The van der Waals surface area contributed by atoms with E-state index in [0.717, 1.165) is 6.42 Å². The van der Waals surface area contributed by atoms with E-state index in [4.69, 9.17) is 9.47 Å². The predicted molar refractivity (Wildman–Crippen MR) is 55.7 cm³/mol. The summed E-state index contributed by atoms with van der Waals surface area (Å²) in [6.07, 6.45) is 3.88. The fourth-order valence-corrected chi connectivity index (χ4v) is 2.57. The van der Waals surface area contributed by atoms with Crippen LogP contribution in [0.3, 0.4) is 0 Å². The first kappa shape index (κ1) is 14.1. The molecule has 1 radical (unpaired) electrons. The van der Waals surface area contributed by atoms with E-state index >= 15 is 0 Å². The van der Waals surface area contributed by atoms with Crippen LogP contribution >= 0.6 is 0 Å². The second-order valence-corrected chi connectivity index (χ2v) is 6.01. The van der Waals surface area contributed by atoms with Gasteiger partial charge in [-0.05, 0) is 31.3 Å². The van der Waals surface area contributed by atoms with E-state index in [-0.39, 0.29) is 44.9 Å². The summed E-state index contributed by atoms with van der Waals surface area (Å²) in [6, 6.07) is 0. The van der Waals surface area contributed by atoms with Crippen LogP contribution < -0.4 is 0 Å². The molecule has 0 bridgehead atoms. The van der Waals surface area contributed by atoms with Crippen LogP contribution in [0, 0.1) is 17.8 Å². The molecule has 2 fully saturated rings. The summed E-state index contributed by atoms with van der Waals surface area (Å²) in [5.41, 5.74) is 0.305. The Hall–Kier alpha value is 1.02. The van der Waals surface area contributed by atoms with E-state index in [1.807, 2.05) is 13.8 Å². The molecular formula is C12H21O2Y-. The summed E-state index contributed by atoms with van der Waals surface area (Å²) in [5, 5.41) is 0. The maximum atomic E-state index is 5.96. The zero-order chi connectivity index (χ0) is 10.6. The van der Waals surface area contributed by atoms with Crippen LogP contribution in [0.15, 0.2) is 0 Å². The van der Waals surface area contributed by atoms with E-state index in [0.29, 0.717) is 11.3 Å². The van der Waals surface area contributed by atoms with Gasteiger partial charge in [0.25, 0.3) is 0 Å². The monoisotopic (exact) mass is 286 g/mol. The van der Waals surface area contributed by atoms with Crippen molar-refractivity contribution in [2.24, 2.45) is 11.3 Å². The molecule has 3 unspecified atom stereocenters. The Bertz CT molecular complexity index is 232. The number of rotatable bonds is 0. The summed E-state index contributed by atoms with van der Waals surface area (Å²) in [7, 11) is 0. The maximum Gasteiger partial charge on any atom is 0.160 e. The fraction of sp³-hybridized carbons (Fsp3) is 0.917. The van der Waals surface area contributed by atoms with Gasteiger partial charge >= 0.3 is 0 Å². The van der Waals surface area contributed by atoms with Gasteiger partial charge in [0.15, 0.2) is 5.79 Å². The van der Waals surface area contributed by atoms with Crippen LogP contribution in [0.25, 0.3) is 0 Å². The Kier molecular flexibility index (Phi) is 4.10. The van der Waals surface area contributed by atoms with Crippen LogP contribution in [-0.4, -0.2) is 18.0 Å². The minimum atomic E-state index is -0.393. The van der Waals surface area contributed by atoms with Crippen molar-refractivity contribution in [2.45, 2.75) is 59.0 Å². The molecule has 1 saturated heterocycles. The predicted octanol–water partition coefficient (Wildman–Crippen LogP) is 2.77. The summed E-state index contributed by atoms with van der Waals surface area (Å²) in [5.74, 6) is 0.199. The molecule has 15 heavy (non-hydrogen) atoms. The van der Waals surface area contributed by atoms with E-state index in [9.17, 15) is 0 Å². The molecule has 0 aromatic carbocycles. The molecule has 2 nitrogen and oxygen atoms in total. The molecule has 0 amide bonds. The number of ether oxygens (including phenoxy) is 2. The van der Waals surface area contributed by atoms with E-state index in [1.165, 1.54) is 0 Å². The average molecular weight is 286 g/mol. The van der Waals surface area contributed by atoms with Gasteiger partial charge in [-0.3, -0.25) is 6.42 Å². The van der Waals surface area contributed by atoms with Gasteiger partial charge in [-0.15, -0.1) is 0 Å². The van der Waals surface area contributed by atoms with Gasteiger partial charge in [0.2, 0.25) is 0 Å². The van der Waals surface area contributed by atoms with Crippen LogP contribution in [0.5, 0.6) is 0 Å². The van der Waals surface area contributed by atoms with Gasteiger partial charge in [-0.2, -0.15) is 6.42 Å². The maximum absolute atomic E-state index is 5.96. The summed E-state index contributed by atoms with van der Waals surface area (Å²) in [6.45, 7) is 10.8. The Morgan fingerprint density at radius 3 is 2.33 bits per heavy atom. The van der Waals surface area contributed by atoms with Crippen molar-refractivity contribution >= 4 is 0 Å². The minimum absolute atomic E-state index is 0. The number of hydrogen-bond acceptors (Lipinski definition) is 2. The topological polar surface area (TPSA) is 18.5 Å². The molecule has 0 spiro atoms. The first-order chi connectivity index (χ1) is 6.30. The van der Waals surface area contributed by atoms with Crippen molar-refractivity contribution in [1.82, 2.24) is 0 Å². The normalized spacial score (nSPS) is 38.6. The fourth-order valence-electron chi connectivity index (χ4n) is 2.57. The number of fused-ring (bicyclic) bond motifs is 1. The van der Waals surface area contributed by atoms with E-state index in [2.05, 4.69) is 27.2 Å². The molecule has 3 heteroatoms. The first-order valence-corrected chi connectivity index (χ1v) is 5.48. The van der Waals surface area contributed by atoms with Gasteiger partial charge in [0.05, 0.1) is 6.10 Å². The SMILES string of the molecule is CC1(C)OC2[CH-]CC(C(C)(C)C)C2O1.[Y]. The smallest absolute Gasteiger partial charge is 0.160 e.